The van der Waals surface area contributed by atoms with E-state index in [1.807, 2.05) is 6.07 Å². The molecule has 3 heteroatoms. The van der Waals surface area contributed by atoms with Gasteiger partial charge in [-0.1, -0.05) is 19.9 Å². The summed E-state index contributed by atoms with van der Waals surface area (Å²) in [6, 6.07) is 6.12. The zero-order valence-electron chi connectivity index (χ0n) is 11.6. The normalized spacial score (nSPS) is 29.6. The largest absolute Gasteiger partial charge is 0.490 e. The molecule has 1 aromatic carbocycles. The number of Topliss-reactive ketones (excluding diaryl/α,β-unsaturated/α-hetero) is 1. The molecule has 2 atom stereocenters. The van der Waals surface area contributed by atoms with Gasteiger partial charge in [-0.15, -0.1) is 0 Å². The van der Waals surface area contributed by atoms with E-state index in [-0.39, 0.29) is 5.41 Å². The molecule has 3 rings (SSSR count). The molecule has 0 spiro atoms. The van der Waals surface area contributed by atoms with Crippen molar-refractivity contribution in [2.24, 2.45) is 5.41 Å². The molecule has 0 bridgehead atoms. The number of rotatable bonds is 2. The Morgan fingerprint density at radius 1 is 1.26 bits per heavy atom. The first kappa shape index (κ1) is 12.5. The minimum absolute atomic E-state index is 0.195. The molecule has 1 fully saturated rings. The molecule has 1 aromatic rings. The lowest BCUT2D eigenvalue weighted by atomic mass is 9.56. The van der Waals surface area contributed by atoms with Crippen molar-refractivity contribution in [3.63, 3.8) is 0 Å². The molecular weight excluding hydrogens is 240 g/mol. The van der Waals surface area contributed by atoms with Crippen LogP contribution in [0.25, 0.3) is 0 Å². The van der Waals surface area contributed by atoms with Gasteiger partial charge in [0, 0.05) is 24.2 Å². The van der Waals surface area contributed by atoms with E-state index < -0.39 is 0 Å². The summed E-state index contributed by atoms with van der Waals surface area (Å²) in [6.07, 6.45) is 2.47. The van der Waals surface area contributed by atoms with Crippen molar-refractivity contribution in [3.05, 3.63) is 23.8 Å². The van der Waals surface area contributed by atoms with Crippen molar-refractivity contribution in [3.8, 4) is 11.5 Å². The standard InChI is InChI=1S/C16H20O3/c1-3-16(2)12(10-15(16)17)11-5-6-13-14(9-11)19-8-4-7-18-13/h5-6,9,12H,3-4,7-8,10H2,1-2H3. The van der Waals surface area contributed by atoms with Crippen LogP contribution < -0.4 is 9.47 Å². The Morgan fingerprint density at radius 3 is 2.68 bits per heavy atom. The van der Waals surface area contributed by atoms with Gasteiger partial charge in [0.15, 0.2) is 11.5 Å². The molecule has 1 saturated carbocycles. The second-order valence-corrected chi connectivity index (χ2v) is 5.71. The first-order chi connectivity index (χ1) is 9.15. The van der Waals surface area contributed by atoms with Crippen LogP contribution in [-0.4, -0.2) is 19.0 Å². The van der Waals surface area contributed by atoms with Gasteiger partial charge in [-0.25, -0.2) is 0 Å². The van der Waals surface area contributed by atoms with Crippen LogP contribution in [-0.2, 0) is 4.79 Å². The van der Waals surface area contributed by atoms with E-state index in [4.69, 9.17) is 9.47 Å². The van der Waals surface area contributed by atoms with Crippen LogP contribution in [0, 0.1) is 5.41 Å². The Balaban J connectivity index is 1.90. The van der Waals surface area contributed by atoms with Crippen molar-refractivity contribution < 1.29 is 14.3 Å². The summed E-state index contributed by atoms with van der Waals surface area (Å²) in [5.74, 6) is 2.35. The summed E-state index contributed by atoms with van der Waals surface area (Å²) < 4.78 is 11.4. The number of carbonyl (C=O) groups excluding carboxylic acids is 1. The monoisotopic (exact) mass is 260 g/mol. The summed E-state index contributed by atoms with van der Waals surface area (Å²) in [5.41, 5.74) is 1.01. The van der Waals surface area contributed by atoms with Gasteiger partial charge in [0.1, 0.15) is 5.78 Å². The number of hydrogen-bond donors (Lipinski definition) is 0. The Hall–Kier alpha value is -1.51. The van der Waals surface area contributed by atoms with Crippen LogP contribution in [0.5, 0.6) is 11.5 Å². The summed E-state index contributed by atoms with van der Waals surface area (Å²) in [6.45, 7) is 5.58. The number of fused-ring (bicyclic) bond motifs is 1. The molecule has 1 heterocycles. The quantitative estimate of drug-likeness (QED) is 0.818. The van der Waals surface area contributed by atoms with Gasteiger partial charge in [0.05, 0.1) is 13.2 Å². The Kier molecular flexibility index (Phi) is 3.00. The third-order valence-corrected chi connectivity index (χ3v) is 4.70. The molecule has 2 unspecified atom stereocenters. The first-order valence-corrected chi connectivity index (χ1v) is 7.08. The van der Waals surface area contributed by atoms with Gasteiger partial charge in [-0.2, -0.15) is 0 Å². The summed E-state index contributed by atoms with van der Waals surface area (Å²) in [5, 5.41) is 0. The predicted molar refractivity (Wildman–Crippen MR) is 72.8 cm³/mol. The third-order valence-electron chi connectivity index (χ3n) is 4.70. The van der Waals surface area contributed by atoms with Crippen molar-refractivity contribution in [1.29, 1.82) is 0 Å². The smallest absolute Gasteiger partial charge is 0.161 e. The molecule has 19 heavy (non-hydrogen) atoms. The van der Waals surface area contributed by atoms with E-state index in [2.05, 4.69) is 26.0 Å². The molecule has 0 radical (unpaired) electrons. The molecule has 1 aliphatic heterocycles. The van der Waals surface area contributed by atoms with Gasteiger partial charge in [0.25, 0.3) is 0 Å². The molecule has 3 nitrogen and oxygen atoms in total. The molecule has 0 N–H and O–H groups in total. The second-order valence-electron chi connectivity index (χ2n) is 5.71. The number of carbonyl (C=O) groups is 1. The lowest BCUT2D eigenvalue weighted by Crippen LogP contribution is -2.45. The lowest BCUT2D eigenvalue weighted by Gasteiger charge is -2.45. The molecule has 102 valence electrons. The maximum atomic E-state index is 11.9. The number of benzene rings is 1. The minimum atomic E-state index is -0.195. The van der Waals surface area contributed by atoms with Crippen LogP contribution in [0.1, 0.15) is 44.6 Å². The van der Waals surface area contributed by atoms with Crippen molar-refractivity contribution in [2.75, 3.05) is 13.2 Å². The molecule has 0 saturated heterocycles. The topological polar surface area (TPSA) is 35.5 Å². The summed E-state index contributed by atoms with van der Waals surface area (Å²) in [4.78, 5) is 11.9. The van der Waals surface area contributed by atoms with E-state index in [0.29, 0.717) is 31.3 Å². The lowest BCUT2D eigenvalue weighted by molar-refractivity contribution is -0.139. The van der Waals surface area contributed by atoms with Crippen molar-refractivity contribution in [2.45, 2.75) is 39.0 Å². The molecule has 2 aliphatic rings. The highest BCUT2D eigenvalue weighted by Gasteiger charge is 2.50. The highest BCUT2D eigenvalue weighted by molar-refractivity contribution is 5.93. The summed E-state index contributed by atoms with van der Waals surface area (Å²) >= 11 is 0. The fraction of sp³-hybridized carbons (Fsp3) is 0.562. The fourth-order valence-electron chi connectivity index (χ4n) is 3.03. The Bertz CT molecular complexity index is 509. The van der Waals surface area contributed by atoms with E-state index in [1.165, 1.54) is 5.56 Å². The summed E-state index contributed by atoms with van der Waals surface area (Å²) in [7, 11) is 0. The van der Waals surface area contributed by atoms with Gasteiger partial charge in [-0.05, 0) is 24.1 Å². The predicted octanol–water partition coefficient (Wildman–Crippen LogP) is 3.32. The van der Waals surface area contributed by atoms with Gasteiger partial charge in [0.2, 0.25) is 0 Å². The second kappa shape index (κ2) is 4.55. The molecule has 0 aromatic heterocycles. The number of hydrogen-bond acceptors (Lipinski definition) is 3. The van der Waals surface area contributed by atoms with Crippen LogP contribution in [0.2, 0.25) is 0 Å². The number of ether oxygens (including phenoxy) is 2. The molecule has 0 amide bonds. The van der Waals surface area contributed by atoms with E-state index in [9.17, 15) is 4.79 Å². The highest BCUT2D eigenvalue weighted by Crippen LogP contribution is 2.52. The Labute approximate surface area is 113 Å². The molecule has 1 aliphatic carbocycles. The zero-order valence-corrected chi connectivity index (χ0v) is 11.6. The minimum Gasteiger partial charge on any atom is -0.490 e. The van der Waals surface area contributed by atoms with Crippen LogP contribution >= 0.6 is 0 Å². The number of ketones is 1. The maximum absolute atomic E-state index is 11.9. The SMILES string of the molecule is CCC1(C)C(=O)CC1c1ccc2c(c1)OCCCO2. The fourth-order valence-corrected chi connectivity index (χ4v) is 3.03. The van der Waals surface area contributed by atoms with Crippen LogP contribution in [0.15, 0.2) is 18.2 Å². The first-order valence-electron chi connectivity index (χ1n) is 7.08. The average Bonchev–Trinajstić information content (AvgIpc) is 2.68. The van der Waals surface area contributed by atoms with Gasteiger partial charge < -0.3 is 9.47 Å². The highest BCUT2D eigenvalue weighted by atomic mass is 16.5. The Morgan fingerprint density at radius 2 is 2.00 bits per heavy atom. The van der Waals surface area contributed by atoms with E-state index >= 15 is 0 Å². The van der Waals surface area contributed by atoms with Crippen molar-refractivity contribution >= 4 is 5.78 Å². The molecular formula is C16H20O3. The average molecular weight is 260 g/mol. The van der Waals surface area contributed by atoms with Crippen LogP contribution in [0.4, 0.5) is 0 Å². The van der Waals surface area contributed by atoms with E-state index in [0.717, 1.165) is 24.3 Å². The van der Waals surface area contributed by atoms with Gasteiger partial charge >= 0.3 is 0 Å². The van der Waals surface area contributed by atoms with E-state index in [1.54, 1.807) is 0 Å². The third kappa shape index (κ3) is 1.92. The van der Waals surface area contributed by atoms with Gasteiger partial charge in [-0.3, -0.25) is 4.79 Å². The zero-order chi connectivity index (χ0) is 13.5. The van der Waals surface area contributed by atoms with Crippen molar-refractivity contribution in [1.82, 2.24) is 0 Å². The maximum Gasteiger partial charge on any atom is 0.161 e. The van der Waals surface area contributed by atoms with Crippen LogP contribution in [0.3, 0.4) is 0 Å².